The van der Waals surface area contributed by atoms with Crippen molar-refractivity contribution in [2.24, 2.45) is 4.99 Å². The highest BCUT2D eigenvalue weighted by Gasteiger charge is 2.13. The molecule has 1 N–H and O–H groups in total. The van der Waals surface area contributed by atoms with E-state index in [1.54, 1.807) is 42.6 Å². The van der Waals surface area contributed by atoms with Crippen LogP contribution in [0.15, 0.2) is 82.7 Å². The van der Waals surface area contributed by atoms with Crippen LogP contribution in [0, 0.1) is 3.57 Å². The zero-order chi connectivity index (χ0) is 18.6. The molecule has 3 aromatic rings. The van der Waals surface area contributed by atoms with Crippen molar-refractivity contribution in [3.05, 3.63) is 87.0 Å². The first-order valence-electron chi connectivity index (χ1n) is 7.60. The van der Waals surface area contributed by atoms with E-state index in [-0.39, 0.29) is 4.90 Å². The van der Waals surface area contributed by atoms with Gasteiger partial charge in [-0.2, -0.15) is 0 Å². The maximum Gasteiger partial charge on any atom is 0.261 e. The van der Waals surface area contributed by atoms with E-state index in [0.717, 1.165) is 9.13 Å². The highest BCUT2D eigenvalue weighted by molar-refractivity contribution is 14.1. The molecule has 4 nitrogen and oxygen atoms in total. The molecule has 0 aromatic heterocycles. The van der Waals surface area contributed by atoms with Crippen LogP contribution in [0.1, 0.15) is 5.56 Å². The third-order valence-electron chi connectivity index (χ3n) is 3.48. The number of halogens is 2. The Labute approximate surface area is 171 Å². The Morgan fingerprint density at radius 1 is 0.885 bits per heavy atom. The van der Waals surface area contributed by atoms with E-state index in [9.17, 15) is 8.42 Å². The number of sulfonamides is 1. The number of hydrogen-bond acceptors (Lipinski definition) is 3. The van der Waals surface area contributed by atoms with Crippen LogP contribution in [0.4, 0.5) is 11.4 Å². The van der Waals surface area contributed by atoms with Gasteiger partial charge in [-0.05, 0) is 88.8 Å². The normalized spacial score (nSPS) is 11.6. The summed E-state index contributed by atoms with van der Waals surface area (Å²) in [4.78, 5) is 4.52. The molecule has 0 heterocycles. The highest BCUT2D eigenvalue weighted by atomic mass is 127. The fraction of sp³-hybridized carbons (Fsp3) is 0. The lowest BCUT2D eigenvalue weighted by Crippen LogP contribution is -2.12. The van der Waals surface area contributed by atoms with Crippen molar-refractivity contribution in [3.63, 3.8) is 0 Å². The summed E-state index contributed by atoms with van der Waals surface area (Å²) in [5, 5.41) is 0.664. The van der Waals surface area contributed by atoms with E-state index >= 15 is 0 Å². The number of aliphatic imine (C=N–C) groups is 1. The third kappa shape index (κ3) is 5.06. The topological polar surface area (TPSA) is 58.5 Å². The van der Waals surface area contributed by atoms with Gasteiger partial charge in [0.25, 0.3) is 10.0 Å². The van der Waals surface area contributed by atoms with Crippen LogP contribution in [0.5, 0.6) is 0 Å². The van der Waals surface area contributed by atoms with E-state index in [2.05, 4.69) is 32.3 Å². The lowest BCUT2D eigenvalue weighted by Gasteiger charge is -2.08. The maximum absolute atomic E-state index is 12.4. The Hall–Kier alpha value is -1.90. The largest absolute Gasteiger partial charge is 0.280 e. The summed E-state index contributed by atoms with van der Waals surface area (Å²) in [6, 6.07) is 20.8. The minimum absolute atomic E-state index is 0.182. The van der Waals surface area contributed by atoms with Crippen LogP contribution in [-0.2, 0) is 10.0 Å². The van der Waals surface area contributed by atoms with Gasteiger partial charge < -0.3 is 0 Å². The van der Waals surface area contributed by atoms with Gasteiger partial charge >= 0.3 is 0 Å². The Kier molecular flexibility index (Phi) is 5.95. The monoisotopic (exact) mass is 496 g/mol. The van der Waals surface area contributed by atoms with Crippen molar-refractivity contribution in [2.45, 2.75) is 4.90 Å². The quantitative estimate of drug-likeness (QED) is 0.375. The summed E-state index contributed by atoms with van der Waals surface area (Å²) in [5.74, 6) is 0. The highest BCUT2D eigenvalue weighted by Crippen LogP contribution is 2.20. The molecule has 0 amide bonds. The first kappa shape index (κ1) is 18.9. The van der Waals surface area contributed by atoms with Crippen molar-refractivity contribution in [1.29, 1.82) is 0 Å². The Balaban J connectivity index is 1.73. The first-order valence-corrected chi connectivity index (χ1v) is 10.5. The Morgan fingerprint density at radius 2 is 1.50 bits per heavy atom. The van der Waals surface area contributed by atoms with E-state index in [0.29, 0.717) is 16.4 Å². The maximum atomic E-state index is 12.4. The molecule has 132 valence electrons. The number of nitrogens with one attached hydrogen (secondary N) is 1. The smallest absolute Gasteiger partial charge is 0.261 e. The van der Waals surface area contributed by atoms with E-state index < -0.39 is 10.0 Å². The molecule has 0 spiro atoms. The molecule has 0 fully saturated rings. The lowest BCUT2D eigenvalue weighted by atomic mass is 10.2. The van der Waals surface area contributed by atoms with Crippen molar-refractivity contribution in [2.75, 3.05) is 4.72 Å². The summed E-state index contributed by atoms with van der Waals surface area (Å²) in [6.45, 7) is 0. The summed E-state index contributed by atoms with van der Waals surface area (Å²) >= 11 is 8.01. The molecule has 26 heavy (non-hydrogen) atoms. The SMILES string of the molecule is O=S(=O)(Nc1ccc(I)cc1)c1ccc(N=Cc2ccc(Cl)cc2)cc1. The van der Waals surface area contributed by atoms with Gasteiger partial charge in [-0.15, -0.1) is 0 Å². The summed E-state index contributed by atoms with van der Waals surface area (Å²) < 4.78 is 28.5. The predicted molar refractivity (Wildman–Crippen MR) is 115 cm³/mol. The minimum atomic E-state index is -3.63. The van der Waals surface area contributed by atoms with Crippen LogP contribution >= 0.6 is 34.2 Å². The van der Waals surface area contributed by atoms with Gasteiger partial charge in [0.2, 0.25) is 0 Å². The molecule has 3 rings (SSSR count). The molecule has 0 bridgehead atoms. The number of rotatable bonds is 5. The summed E-state index contributed by atoms with van der Waals surface area (Å²) in [6.07, 6.45) is 1.70. The molecule has 0 saturated carbocycles. The van der Waals surface area contributed by atoms with Crippen LogP contribution in [0.3, 0.4) is 0 Å². The minimum Gasteiger partial charge on any atom is -0.280 e. The van der Waals surface area contributed by atoms with E-state index in [1.807, 2.05) is 24.3 Å². The second kappa shape index (κ2) is 8.20. The second-order valence-corrected chi connectivity index (χ2v) is 8.78. The van der Waals surface area contributed by atoms with Gasteiger partial charge in [0.15, 0.2) is 0 Å². The van der Waals surface area contributed by atoms with Crippen molar-refractivity contribution >= 4 is 61.8 Å². The van der Waals surface area contributed by atoms with Crippen molar-refractivity contribution in [3.8, 4) is 0 Å². The average Bonchev–Trinajstić information content (AvgIpc) is 2.63. The van der Waals surface area contributed by atoms with Gasteiger partial charge in [-0.3, -0.25) is 9.71 Å². The number of nitrogens with zero attached hydrogens (tertiary/aromatic N) is 1. The fourth-order valence-electron chi connectivity index (χ4n) is 2.14. The molecule has 0 radical (unpaired) electrons. The van der Waals surface area contributed by atoms with Crippen molar-refractivity contribution in [1.82, 2.24) is 0 Å². The molecule has 3 aromatic carbocycles. The zero-order valence-electron chi connectivity index (χ0n) is 13.4. The standard InChI is InChI=1S/C19H14ClIN2O2S/c20-15-3-1-14(2-4-15)13-22-17-9-11-19(12-10-17)26(24,25)23-18-7-5-16(21)6-8-18/h1-13,23H. The lowest BCUT2D eigenvalue weighted by molar-refractivity contribution is 0.601. The van der Waals surface area contributed by atoms with Crippen molar-refractivity contribution < 1.29 is 8.42 Å². The molecule has 0 saturated heterocycles. The molecule has 0 unspecified atom stereocenters. The molecule has 0 aliphatic rings. The molecule has 0 atom stereocenters. The van der Waals surface area contributed by atoms with Crippen LogP contribution in [-0.4, -0.2) is 14.6 Å². The summed E-state index contributed by atoms with van der Waals surface area (Å²) in [5.41, 5.74) is 2.09. The molecule has 0 aliphatic carbocycles. The van der Waals surface area contributed by atoms with Gasteiger partial charge in [0.1, 0.15) is 0 Å². The zero-order valence-corrected chi connectivity index (χ0v) is 17.2. The molecule has 7 heteroatoms. The van der Waals surface area contributed by atoms with E-state index in [4.69, 9.17) is 11.6 Å². The average molecular weight is 497 g/mol. The predicted octanol–water partition coefficient (Wildman–Crippen LogP) is 5.50. The third-order valence-corrected chi connectivity index (χ3v) is 5.84. The number of hydrogen-bond donors (Lipinski definition) is 1. The number of benzene rings is 3. The molecular weight excluding hydrogens is 483 g/mol. The number of anilines is 1. The van der Waals surface area contributed by atoms with Gasteiger partial charge in [0, 0.05) is 20.5 Å². The Morgan fingerprint density at radius 3 is 2.12 bits per heavy atom. The van der Waals surface area contributed by atoms with Gasteiger partial charge in [-0.25, -0.2) is 8.42 Å². The second-order valence-electron chi connectivity index (χ2n) is 5.42. The van der Waals surface area contributed by atoms with Crippen LogP contribution in [0.25, 0.3) is 0 Å². The van der Waals surface area contributed by atoms with E-state index in [1.165, 1.54) is 12.1 Å². The Bertz CT molecular complexity index is 1020. The van der Waals surface area contributed by atoms with Gasteiger partial charge in [0.05, 0.1) is 10.6 Å². The van der Waals surface area contributed by atoms with Crippen LogP contribution in [0.2, 0.25) is 5.02 Å². The molecule has 0 aliphatic heterocycles. The molecular formula is C19H14ClIN2O2S. The first-order chi connectivity index (χ1) is 12.4. The van der Waals surface area contributed by atoms with Gasteiger partial charge in [-0.1, -0.05) is 23.7 Å². The fourth-order valence-corrected chi connectivity index (χ4v) is 3.69. The summed E-state index contributed by atoms with van der Waals surface area (Å²) in [7, 11) is -3.63. The van der Waals surface area contributed by atoms with Crippen LogP contribution < -0.4 is 4.72 Å².